The van der Waals surface area contributed by atoms with Crippen molar-refractivity contribution in [1.29, 1.82) is 0 Å². The Labute approximate surface area is 368 Å². The van der Waals surface area contributed by atoms with Gasteiger partial charge in [0.15, 0.2) is 0 Å². The maximum atomic E-state index is 6.78. The van der Waals surface area contributed by atoms with Crippen LogP contribution in [0.15, 0.2) is 144 Å². The van der Waals surface area contributed by atoms with Crippen LogP contribution < -0.4 is 27.1 Å². The third kappa shape index (κ3) is 14.0. The molecule has 0 atom stereocenters. The molecule has 0 radical (unpaired) electrons. The highest BCUT2D eigenvalue weighted by Gasteiger charge is 2.32. The molecule has 0 spiro atoms. The van der Waals surface area contributed by atoms with E-state index in [4.69, 9.17) is 27.1 Å². The van der Waals surface area contributed by atoms with Crippen molar-refractivity contribution in [3.05, 3.63) is 146 Å². The molecule has 0 amide bonds. The monoisotopic (exact) mass is 878 g/mol. The lowest BCUT2D eigenvalue weighted by molar-refractivity contribution is 0.283. The molecule has 10 nitrogen and oxygen atoms in total. The quantitative estimate of drug-likeness (QED) is 0.0770. The first-order valence-electron chi connectivity index (χ1n) is 20.2. The first kappa shape index (κ1) is 45.6. The molecule has 0 saturated carbocycles. The van der Waals surface area contributed by atoms with Crippen LogP contribution in [0, 0.1) is 10.8 Å². The lowest BCUT2D eigenvalue weighted by Crippen LogP contribution is -2.25. The summed E-state index contributed by atoms with van der Waals surface area (Å²) in [4.78, 5) is 18.7. The zero-order valence-corrected chi connectivity index (χ0v) is 39.3. The second-order valence-electron chi connectivity index (χ2n) is 18.4. The van der Waals surface area contributed by atoms with Crippen molar-refractivity contribution in [2.75, 3.05) is 0 Å². The van der Waals surface area contributed by atoms with Gasteiger partial charge in [-0.25, -0.2) is 0 Å². The maximum absolute atomic E-state index is 6.78. The Balaban J connectivity index is 1.46. The molecule has 61 heavy (non-hydrogen) atoms. The molecule has 0 N–H and O–H groups in total. The first-order chi connectivity index (χ1) is 28.9. The first-order valence-corrected chi connectivity index (χ1v) is 23.2. The smallest absolute Gasteiger partial charge is 0.407 e. The number of aromatic nitrogens is 4. The van der Waals surface area contributed by atoms with Gasteiger partial charge >= 0.3 is 17.2 Å². The Hall–Kier alpha value is -4.95. The van der Waals surface area contributed by atoms with Gasteiger partial charge in [0.1, 0.15) is 34.5 Å². The molecule has 6 aromatic rings. The van der Waals surface area contributed by atoms with E-state index in [1.54, 1.807) is 85.6 Å². The van der Waals surface area contributed by atoms with Crippen LogP contribution in [-0.4, -0.2) is 19.9 Å². The molecule has 4 aromatic heterocycles. The molecule has 6 rings (SSSR count). The third-order valence-electron chi connectivity index (χ3n) is 9.22. The molecule has 0 fully saturated rings. The average molecular weight is 879 g/mol. The number of nitrogens with zero attached hydrogens (tertiary/aromatic N) is 4. The van der Waals surface area contributed by atoms with Gasteiger partial charge in [-0.15, -0.1) is 0 Å². The predicted molar refractivity (Wildman–Crippen MR) is 246 cm³/mol. The maximum Gasteiger partial charge on any atom is 0.530 e. The Kier molecular flexibility index (Phi) is 14.8. The highest BCUT2D eigenvalue weighted by molar-refractivity contribution is 7.99. The van der Waals surface area contributed by atoms with Crippen LogP contribution in [0.2, 0.25) is 0 Å². The Morgan fingerprint density at radius 3 is 1.00 bits per heavy atom. The highest BCUT2D eigenvalue weighted by atomic mass is 32.2. The minimum atomic E-state index is -2.03. The number of pyridine rings is 4. The Morgan fingerprint density at radius 2 is 0.738 bits per heavy atom. The molecule has 320 valence electrons. The third-order valence-corrected chi connectivity index (χ3v) is 12.4. The molecule has 0 bridgehead atoms. The fourth-order valence-corrected chi connectivity index (χ4v) is 10.5. The predicted octanol–water partition coefficient (Wildman–Crippen LogP) is 14.4. The summed E-state index contributed by atoms with van der Waals surface area (Å²) in [5.74, 6) is 3.18. The lowest BCUT2D eigenvalue weighted by atomic mass is 9.72. The van der Waals surface area contributed by atoms with Gasteiger partial charge in [0.05, 0.1) is 34.6 Å². The second kappa shape index (κ2) is 19.8. The van der Waals surface area contributed by atoms with Crippen LogP contribution in [0.3, 0.4) is 0 Å². The summed E-state index contributed by atoms with van der Waals surface area (Å²) < 4.78 is 38.9. The van der Waals surface area contributed by atoms with Gasteiger partial charge in [0.25, 0.3) is 0 Å². The van der Waals surface area contributed by atoms with Crippen LogP contribution in [0.4, 0.5) is 0 Å². The number of rotatable bonds is 18. The minimum absolute atomic E-state index is 0.0864. The molecule has 0 aliphatic rings. The topological polar surface area (TPSA) is 107 Å². The van der Waals surface area contributed by atoms with E-state index in [9.17, 15) is 0 Å². The van der Waals surface area contributed by atoms with Crippen LogP contribution >= 0.6 is 29.0 Å². The van der Waals surface area contributed by atoms with Crippen molar-refractivity contribution in [2.24, 2.45) is 10.8 Å². The Bertz CT molecular complexity index is 2050. The zero-order valence-electron chi connectivity index (χ0n) is 36.7. The summed E-state index contributed by atoms with van der Waals surface area (Å²) in [6.07, 6.45) is 15.2. The van der Waals surface area contributed by atoms with Crippen molar-refractivity contribution in [2.45, 2.75) is 103 Å². The minimum Gasteiger partial charge on any atom is -0.407 e. The standard InChI is InChI=1S/C48H56N4O6P2S/c1-45(2,3)33-47(7,8)35-19-21-41(57-59(53-37-15-11-23-49-29-37)54-38-16-12-24-50-30-38)43(27-35)61-44-28-36(48(9,10)34-46(4,5)6)20-22-42(44)58-60(55-39-17-13-25-51-31-39)56-40-18-14-26-52-32-40/h11-32H,33-34H2,1-10H3. The molecule has 0 aliphatic heterocycles. The Morgan fingerprint density at radius 1 is 0.426 bits per heavy atom. The molecule has 2 aromatic carbocycles. The van der Waals surface area contributed by atoms with Gasteiger partial charge in [-0.05, 0) is 118 Å². The molecule has 4 heterocycles. The van der Waals surface area contributed by atoms with E-state index in [2.05, 4.69) is 113 Å². The number of hydrogen-bond acceptors (Lipinski definition) is 11. The van der Waals surface area contributed by atoms with Gasteiger partial charge in [0.2, 0.25) is 0 Å². The van der Waals surface area contributed by atoms with E-state index in [0.717, 1.165) is 33.8 Å². The lowest BCUT2D eigenvalue weighted by Gasteiger charge is -2.34. The largest absolute Gasteiger partial charge is 0.530 e. The molecule has 0 aliphatic carbocycles. The normalized spacial score (nSPS) is 12.3. The number of benzene rings is 2. The summed E-state index contributed by atoms with van der Waals surface area (Å²) in [7, 11) is -4.06. The summed E-state index contributed by atoms with van der Waals surface area (Å²) in [5, 5.41) is 0. The van der Waals surface area contributed by atoms with E-state index < -0.39 is 17.2 Å². The van der Waals surface area contributed by atoms with Crippen LogP contribution in [0.5, 0.6) is 34.5 Å². The van der Waals surface area contributed by atoms with Gasteiger partial charge in [-0.2, -0.15) is 0 Å². The van der Waals surface area contributed by atoms with Crippen molar-refractivity contribution in [3.8, 4) is 34.5 Å². The average Bonchev–Trinajstić information content (AvgIpc) is 3.19. The zero-order chi connectivity index (χ0) is 43.7. The van der Waals surface area contributed by atoms with Gasteiger partial charge < -0.3 is 27.1 Å². The molecule has 13 heteroatoms. The molecule has 0 unspecified atom stereocenters. The summed E-state index contributed by atoms with van der Waals surface area (Å²) in [5.41, 5.74) is 2.16. The van der Waals surface area contributed by atoms with Crippen LogP contribution in [0.1, 0.15) is 93.2 Å². The van der Waals surface area contributed by atoms with E-state index >= 15 is 0 Å². The van der Waals surface area contributed by atoms with E-state index in [-0.39, 0.29) is 21.7 Å². The molecular formula is C48H56N4O6P2S. The highest BCUT2D eigenvalue weighted by Crippen LogP contribution is 2.52. The molecular weight excluding hydrogens is 823 g/mol. The van der Waals surface area contributed by atoms with Gasteiger partial charge in [0, 0.05) is 24.8 Å². The second-order valence-corrected chi connectivity index (χ2v) is 21.5. The van der Waals surface area contributed by atoms with E-state index in [1.807, 2.05) is 36.4 Å². The van der Waals surface area contributed by atoms with Crippen molar-refractivity contribution >= 4 is 29.0 Å². The summed E-state index contributed by atoms with van der Waals surface area (Å²) in [6, 6.07) is 27.2. The van der Waals surface area contributed by atoms with Crippen LogP contribution in [0.25, 0.3) is 0 Å². The van der Waals surface area contributed by atoms with Crippen molar-refractivity contribution in [1.82, 2.24) is 19.9 Å². The van der Waals surface area contributed by atoms with Crippen molar-refractivity contribution < 1.29 is 27.1 Å². The van der Waals surface area contributed by atoms with E-state index in [0.29, 0.717) is 34.5 Å². The summed E-state index contributed by atoms with van der Waals surface area (Å²) >= 11 is 1.55. The fourth-order valence-electron chi connectivity index (χ4n) is 7.36. The van der Waals surface area contributed by atoms with Gasteiger partial charge in [-0.3, -0.25) is 19.9 Å². The summed E-state index contributed by atoms with van der Waals surface area (Å²) in [6.45, 7) is 22.8. The van der Waals surface area contributed by atoms with Crippen LogP contribution in [-0.2, 0) is 10.8 Å². The fraction of sp³-hybridized carbons (Fsp3) is 0.333. The van der Waals surface area contributed by atoms with Crippen molar-refractivity contribution in [3.63, 3.8) is 0 Å². The van der Waals surface area contributed by atoms with E-state index in [1.165, 1.54) is 0 Å². The SMILES string of the molecule is CC(C)(C)CC(C)(C)c1ccc(OP(Oc2cccnc2)Oc2cccnc2)c(Sc2cc(C(C)(C)CC(C)(C)C)ccc2OP(Oc2cccnc2)Oc2cccnc2)c1. The van der Waals surface area contributed by atoms with Gasteiger partial charge in [-0.1, -0.05) is 93.1 Å². The molecule has 0 saturated heterocycles. The number of hydrogen-bond donors (Lipinski definition) is 0.